The molecule has 0 radical (unpaired) electrons. The average Bonchev–Trinajstić information content (AvgIpc) is 2.56. The number of hydrogen-bond acceptors (Lipinski definition) is 2. The maximum Gasteiger partial charge on any atom is 0.255 e. The molecule has 0 saturated carbocycles. The van der Waals surface area contributed by atoms with Crippen LogP contribution in [0.2, 0.25) is 0 Å². The van der Waals surface area contributed by atoms with Crippen molar-refractivity contribution in [1.82, 2.24) is 5.32 Å². The lowest BCUT2D eigenvalue weighted by Gasteiger charge is -2.09. The van der Waals surface area contributed by atoms with Gasteiger partial charge in [0.05, 0.1) is 0 Å². The lowest BCUT2D eigenvalue weighted by atomic mass is 10.1. The summed E-state index contributed by atoms with van der Waals surface area (Å²) in [6, 6.07) is 9.16. The van der Waals surface area contributed by atoms with E-state index >= 15 is 0 Å². The van der Waals surface area contributed by atoms with Crippen molar-refractivity contribution in [1.29, 1.82) is 0 Å². The minimum absolute atomic E-state index is 0.193. The second kappa shape index (κ2) is 7.68. The van der Waals surface area contributed by atoms with Crippen molar-refractivity contribution in [2.24, 2.45) is 5.92 Å². The Morgan fingerprint density at radius 1 is 0.917 bits per heavy atom. The van der Waals surface area contributed by atoms with Crippen LogP contribution in [-0.2, 0) is 0 Å². The number of rotatable bonds is 5. The van der Waals surface area contributed by atoms with Crippen LogP contribution in [0, 0.1) is 17.6 Å². The van der Waals surface area contributed by atoms with Crippen molar-refractivity contribution in [3.8, 4) is 0 Å². The molecule has 0 aromatic heterocycles. The number of halogens is 2. The first-order chi connectivity index (χ1) is 11.4. The third-order valence-corrected chi connectivity index (χ3v) is 3.28. The number of benzene rings is 2. The maximum absolute atomic E-state index is 13.5. The molecule has 0 atom stereocenters. The highest BCUT2D eigenvalue weighted by Gasteiger charge is 2.14. The van der Waals surface area contributed by atoms with Crippen LogP contribution in [0.1, 0.15) is 34.6 Å². The van der Waals surface area contributed by atoms with E-state index in [1.165, 1.54) is 30.3 Å². The summed E-state index contributed by atoms with van der Waals surface area (Å²) < 4.78 is 27.1. The summed E-state index contributed by atoms with van der Waals surface area (Å²) in [6.07, 6.45) is 0. The molecule has 0 aliphatic rings. The molecule has 2 N–H and O–H groups in total. The number of para-hydroxylation sites is 1. The molecule has 0 saturated heterocycles. The molecule has 4 nitrogen and oxygen atoms in total. The Bertz CT molecular complexity index is 723. The van der Waals surface area contributed by atoms with Gasteiger partial charge in [0.25, 0.3) is 11.8 Å². The molecule has 6 heteroatoms. The van der Waals surface area contributed by atoms with Crippen LogP contribution in [0.4, 0.5) is 14.5 Å². The number of carbonyl (C=O) groups is 2. The third-order valence-electron chi connectivity index (χ3n) is 3.28. The number of amides is 2. The van der Waals surface area contributed by atoms with Gasteiger partial charge in [-0.1, -0.05) is 19.9 Å². The first-order valence-electron chi connectivity index (χ1n) is 7.52. The van der Waals surface area contributed by atoms with Crippen LogP contribution in [0.15, 0.2) is 42.5 Å². The molecule has 0 aliphatic carbocycles. The summed E-state index contributed by atoms with van der Waals surface area (Å²) in [5, 5.41) is 4.96. The minimum Gasteiger partial charge on any atom is -0.352 e. The number of nitrogens with one attached hydrogen (secondary N) is 2. The molecule has 0 spiro atoms. The summed E-state index contributed by atoms with van der Waals surface area (Å²) in [6.45, 7) is 4.51. The maximum atomic E-state index is 13.5. The van der Waals surface area contributed by atoms with E-state index in [4.69, 9.17) is 0 Å². The molecule has 0 fully saturated rings. The average molecular weight is 332 g/mol. The Kier molecular flexibility index (Phi) is 5.63. The Labute approximate surface area is 138 Å². The number of carbonyl (C=O) groups excluding carboxylic acids is 2. The smallest absolute Gasteiger partial charge is 0.255 e. The van der Waals surface area contributed by atoms with Gasteiger partial charge in [-0.15, -0.1) is 0 Å². The van der Waals surface area contributed by atoms with Gasteiger partial charge in [-0.2, -0.15) is 0 Å². The molecule has 0 unspecified atom stereocenters. The molecule has 126 valence electrons. The fourth-order valence-electron chi connectivity index (χ4n) is 1.97. The fourth-order valence-corrected chi connectivity index (χ4v) is 1.97. The van der Waals surface area contributed by atoms with Crippen LogP contribution in [0.5, 0.6) is 0 Å². The van der Waals surface area contributed by atoms with Gasteiger partial charge < -0.3 is 10.6 Å². The van der Waals surface area contributed by atoms with Crippen LogP contribution in [-0.4, -0.2) is 18.4 Å². The molecule has 2 aromatic carbocycles. The predicted octanol–water partition coefficient (Wildman–Crippen LogP) is 3.60. The summed E-state index contributed by atoms with van der Waals surface area (Å²) in [7, 11) is 0. The van der Waals surface area contributed by atoms with Crippen LogP contribution < -0.4 is 10.6 Å². The molecule has 2 rings (SSSR count). The Balaban J connectivity index is 2.07. The largest absolute Gasteiger partial charge is 0.352 e. The molecule has 2 aromatic rings. The molecular weight excluding hydrogens is 314 g/mol. The van der Waals surface area contributed by atoms with E-state index in [2.05, 4.69) is 10.6 Å². The van der Waals surface area contributed by atoms with Gasteiger partial charge in [0.15, 0.2) is 0 Å². The van der Waals surface area contributed by atoms with Gasteiger partial charge in [0.2, 0.25) is 0 Å². The zero-order chi connectivity index (χ0) is 17.7. The Morgan fingerprint density at radius 2 is 1.42 bits per heavy atom. The Morgan fingerprint density at radius 3 is 1.92 bits per heavy atom. The predicted molar refractivity (Wildman–Crippen MR) is 87.9 cm³/mol. The third kappa shape index (κ3) is 4.38. The minimum atomic E-state index is -0.854. The lowest BCUT2D eigenvalue weighted by molar-refractivity contribution is 0.0947. The summed E-state index contributed by atoms with van der Waals surface area (Å²) >= 11 is 0. The molecule has 2 amide bonds. The normalized spacial score (nSPS) is 10.5. The summed E-state index contributed by atoms with van der Waals surface area (Å²) in [4.78, 5) is 24.0. The molecular formula is C18H18F2N2O2. The van der Waals surface area contributed by atoms with E-state index in [1.807, 2.05) is 13.8 Å². The van der Waals surface area contributed by atoms with Crippen molar-refractivity contribution in [2.75, 3.05) is 11.9 Å². The van der Waals surface area contributed by atoms with Crippen molar-refractivity contribution >= 4 is 17.5 Å². The topological polar surface area (TPSA) is 58.2 Å². The van der Waals surface area contributed by atoms with Crippen LogP contribution in [0.25, 0.3) is 0 Å². The number of hydrogen-bond donors (Lipinski definition) is 2. The summed E-state index contributed by atoms with van der Waals surface area (Å²) in [5.41, 5.74) is 0.101. The van der Waals surface area contributed by atoms with E-state index in [0.29, 0.717) is 18.0 Å². The van der Waals surface area contributed by atoms with Gasteiger partial charge >= 0.3 is 0 Å². The molecule has 0 heterocycles. The monoisotopic (exact) mass is 332 g/mol. The zero-order valence-electron chi connectivity index (χ0n) is 13.4. The molecule has 24 heavy (non-hydrogen) atoms. The van der Waals surface area contributed by atoms with E-state index < -0.39 is 23.2 Å². The van der Waals surface area contributed by atoms with E-state index in [0.717, 1.165) is 12.1 Å². The van der Waals surface area contributed by atoms with Crippen molar-refractivity contribution in [2.45, 2.75) is 13.8 Å². The SMILES string of the molecule is CC(C)CNC(=O)c1ccc(C(=O)Nc2c(F)cccc2F)cc1. The van der Waals surface area contributed by atoms with Crippen molar-refractivity contribution < 1.29 is 18.4 Å². The van der Waals surface area contributed by atoms with Gasteiger partial charge in [0.1, 0.15) is 17.3 Å². The van der Waals surface area contributed by atoms with Gasteiger partial charge in [0, 0.05) is 17.7 Å². The zero-order valence-corrected chi connectivity index (χ0v) is 13.4. The van der Waals surface area contributed by atoms with Crippen molar-refractivity contribution in [3.05, 3.63) is 65.2 Å². The van der Waals surface area contributed by atoms with Crippen LogP contribution in [0.3, 0.4) is 0 Å². The molecule has 0 aliphatic heterocycles. The van der Waals surface area contributed by atoms with Gasteiger partial charge in [-0.25, -0.2) is 8.78 Å². The van der Waals surface area contributed by atoms with Gasteiger partial charge in [-0.05, 0) is 42.3 Å². The first kappa shape index (κ1) is 17.6. The van der Waals surface area contributed by atoms with E-state index in [9.17, 15) is 18.4 Å². The quantitative estimate of drug-likeness (QED) is 0.879. The highest BCUT2D eigenvalue weighted by Crippen LogP contribution is 2.19. The lowest BCUT2D eigenvalue weighted by Crippen LogP contribution is -2.27. The highest BCUT2D eigenvalue weighted by molar-refractivity contribution is 6.05. The van der Waals surface area contributed by atoms with E-state index in [-0.39, 0.29) is 11.5 Å². The number of anilines is 1. The molecule has 0 bridgehead atoms. The fraction of sp³-hybridized carbons (Fsp3) is 0.222. The van der Waals surface area contributed by atoms with E-state index in [1.54, 1.807) is 0 Å². The van der Waals surface area contributed by atoms with Crippen LogP contribution >= 0.6 is 0 Å². The summed E-state index contributed by atoms with van der Waals surface area (Å²) in [5.74, 6) is -2.28. The standard InChI is InChI=1S/C18H18F2N2O2/c1-11(2)10-21-17(23)12-6-8-13(9-7-12)18(24)22-16-14(19)4-3-5-15(16)20/h3-9,11H,10H2,1-2H3,(H,21,23)(H,22,24). The second-order valence-corrected chi connectivity index (χ2v) is 5.73. The highest BCUT2D eigenvalue weighted by atomic mass is 19.1. The second-order valence-electron chi connectivity index (χ2n) is 5.73. The van der Waals surface area contributed by atoms with Crippen molar-refractivity contribution in [3.63, 3.8) is 0 Å². The van der Waals surface area contributed by atoms with Gasteiger partial charge in [-0.3, -0.25) is 9.59 Å². The first-order valence-corrected chi connectivity index (χ1v) is 7.52. The Hall–Kier alpha value is -2.76.